The highest BCUT2D eigenvalue weighted by molar-refractivity contribution is 7.91. The number of ether oxygens (including phenoxy) is 1. The van der Waals surface area contributed by atoms with Gasteiger partial charge in [-0.2, -0.15) is 0 Å². The van der Waals surface area contributed by atoms with E-state index in [4.69, 9.17) is 4.74 Å². The Kier molecular flexibility index (Phi) is 7.85. The average Bonchev–Trinajstić information content (AvgIpc) is 2.78. The van der Waals surface area contributed by atoms with Gasteiger partial charge < -0.3 is 9.64 Å². The van der Waals surface area contributed by atoms with E-state index in [0.29, 0.717) is 0 Å². The van der Waals surface area contributed by atoms with Crippen molar-refractivity contribution in [1.29, 1.82) is 0 Å². The number of hydrogen-bond acceptors (Lipinski definition) is 5. The molecule has 0 radical (unpaired) electrons. The first-order valence-corrected chi connectivity index (χ1v) is 12.3. The summed E-state index contributed by atoms with van der Waals surface area (Å²) in [6.07, 6.45) is 4.85. The molecule has 2 aromatic carbocycles. The van der Waals surface area contributed by atoms with Gasteiger partial charge in [-0.3, -0.25) is 9.59 Å². The number of anilines is 1. The third-order valence-corrected chi connectivity index (χ3v) is 7.29. The van der Waals surface area contributed by atoms with E-state index >= 15 is 0 Å². The van der Waals surface area contributed by atoms with Crippen LogP contribution < -0.4 is 4.90 Å². The van der Waals surface area contributed by atoms with E-state index in [9.17, 15) is 18.0 Å². The molecule has 7 heteroatoms. The van der Waals surface area contributed by atoms with Crippen molar-refractivity contribution in [1.82, 2.24) is 0 Å². The van der Waals surface area contributed by atoms with E-state index in [1.165, 1.54) is 12.1 Å². The van der Waals surface area contributed by atoms with E-state index in [0.717, 1.165) is 43.4 Å². The predicted octanol–water partition coefficient (Wildman–Crippen LogP) is 4.07. The molecule has 0 spiro atoms. The summed E-state index contributed by atoms with van der Waals surface area (Å²) >= 11 is 0. The van der Waals surface area contributed by atoms with Crippen LogP contribution in [0.5, 0.6) is 0 Å². The minimum atomic E-state index is -3.58. The Morgan fingerprint density at radius 2 is 1.61 bits per heavy atom. The van der Waals surface area contributed by atoms with Crippen molar-refractivity contribution < 1.29 is 22.7 Å². The molecule has 0 N–H and O–H groups in total. The minimum absolute atomic E-state index is 0.0873. The molecule has 1 fully saturated rings. The molecular weight excluding hydrogens is 414 g/mol. The maximum atomic E-state index is 12.9. The summed E-state index contributed by atoms with van der Waals surface area (Å²) in [5.74, 6) is -1.33. The normalized spacial score (nSPS) is 14.7. The molecule has 1 aliphatic carbocycles. The molecular formula is C24H29NO5S. The highest BCUT2D eigenvalue weighted by Gasteiger charge is 2.27. The first-order chi connectivity index (χ1) is 14.9. The predicted molar refractivity (Wildman–Crippen MR) is 120 cm³/mol. The Hall–Kier alpha value is -2.67. The van der Waals surface area contributed by atoms with Crippen LogP contribution in [-0.4, -0.2) is 38.7 Å². The van der Waals surface area contributed by atoms with E-state index in [-0.39, 0.29) is 29.0 Å². The lowest BCUT2D eigenvalue weighted by atomic mass is 9.93. The van der Waals surface area contributed by atoms with Crippen LogP contribution in [0.15, 0.2) is 59.5 Å². The summed E-state index contributed by atoms with van der Waals surface area (Å²) in [6.45, 7) is 1.48. The first-order valence-electron chi connectivity index (χ1n) is 10.7. The van der Waals surface area contributed by atoms with Gasteiger partial charge in [0.15, 0.2) is 16.4 Å². The van der Waals surface area contributed by atoms with Crippen molar-refractivity contribution >= 4 is 27.4 Å². The number of sulfone groups is 1. The van der Waals surface area contributed by atoms with Gasteiger partial charge in [0.1, 0.15) is 0 Å². The second kappa shape index (κ2) is 10.6. The Bertz CT molecular complexity index is 980. The SMILES string of the molecule is Cc1ccc(S(=O)(=O)CCC(=O)OCC(=O)N(c2ccccc2)C2CCCCC2)cc1. The summed E-state index contributed by atoms with van der Waals surface area (Å²) in [5, 5.41) is 0. The van der Waals surface area contributed by atoms with Crippen molar-refractivity contribution in [2.24, 2.45) is 0 Å². The number of esters is 1. The van der Waals surface area contributed by atoms with Crippen LogP contribution in [-0.2, 0) is 24.2 Å². The van der Waals surface area contributed by atoms with E-state index in [2.05, 4.69) is 0 Å². The number of rotatable bonds is 8. The number of hydrogen-bond donors (Lipinski definition) is 0. The third-order valence-electron chi connectivity index (χ3n) is 5.55. The Morgan fingerprint density at radius 1 is 0.968 bits per heavy atom. The van der Waals surface area contributed by atoms with Crippen LogP contribution in [0.2, 0.25) is 0 Å². The zero-order valence-electron chi connectivity index (χ0n) is 17.8. The number of amides is 1. The molecule has 0 atom stereocenters. The monoisotopic (exact) mass is 443 g/mol. The summed E-state index contributed by atoms with van der Waals surface area (Å²) in [6, 6.07) is 16.0. The van der Waals surface area contributed by atoms with E-state index in [1.807, 2.05) is 37.3 Å². The molecule has 0 unspecified atom stereocenters. The van der Waals surface area contributed by atoms with Crippen molar-refractivity contribution in [2.45, 2.75) is 56.4 Å². The van der Waals surface area contributed by atoms with Crippen molar-refractivity contribution in [2.75, 3.05) is 17.3 Å². The van der Waals surface area contributed by atoms with Gasteiger partial charge in [0.05, 0.1) is 17.1 Å². The summed E-state index contributed by atoms with van der Waals surface area (Å²) in [4.78, 5) is 27.0. The number of para-hydroxylation sites is 1. The molecule has 1 amide bonds. The number of carbonyl (C=O) groups is 2. The zero-order chi connectivity index (χ0) is 22.3. The molecule has 0 aliphatic heterocycles. The van der Waals surface area contributed by atoms with E-state index < -0.39 is 22.4 Å². The molecule has 3 rings (SSSR count). The largest absolute Gasteiger partial charge is 0.456 e. The molecule has 1 aliphatic rings. The van der Waals surface area contributed by atoms with Crippen LogP contribution in [0, 0.1) is 6.92 Å². The highest BCUT2D eigenvalue weighted by atomic mass is 32.2. The van der Waals surface area contributed by atoms with Gasteiger partial charge in [-0.05, 0) is 44.0 Å². The number of nitrogens with zero attached hydrogens (tertiary/aromatic N) is 1. The molecule has 0 bridgehead atoms. The van der Waals surface area contributed by atoms with Crippen LogP contribution in [0.3, 0.4) is 0 Å². The van der Waals surface area contributed by atoms with Crippen molar-refractivity contribution in [3.8, 4) is 0 Å². The number of aryl methyl sites for hydroxylation is 1. The first kappa shape index (κ1) is 23.0. The maximum absolute atomic E-state index is 12.9. The van der Waals surface area contributed by atoms with Gasteiger partial charge in [0.25, 0.3) is 5.91 Å². The van der Waals surface area contributed by atoms with Crippen molar-refractivity contribution in [3.63, 3.8) is 0 Å². The lowest BCUT2D eigenvalue weighted by Crippen LogP contribution is -2.43. The third kappa shape index (κ3) is 6.40. The molecule has 166 valence electrons. The summed E-state index contributed by atoms with van der Waals surface area (Å²) in [7, 11) is -3.58. The molecule has 2 aromatic rings. The fourth-order valence-corrected chi connectivity index (χ4v) is 5.07. The van der Waals surface area contributed by atoms with Gasteiger partial charge in [-0.15, -0.1) is 0 Å². The minimum Gasteiger partial charge on any atom is -0.456 e. The van der Waals surface area contributed by atoms with Crippen molar-refractivity contribution in [3.05, 3.63) is 60.2 Å². The molecule has 6 nitrogen and oxygen atoms in total. The average molecular weight is 444 g/mol. The fraction of sp³-hybridized carbons (Fsp3) is 0.417. The quantitative estimate of drug-likeness (QED) is 0.575. The molecule has 1 saturated carbocycles. The maximum Gasteiger partial charge on any atom is 0.307 e. The highest BCUT2D eigenvalue weighted by Crippen LogP contribution is 2.27. The lowest BCUT2D eigenvalue weighted by Gasteiger charge is -2.34. The van der Waals surface area contributed by atoms with Crippen LogP contribution >= 0.6 is 0 Å². The zero-order valence-corrected chi connectivity index (χ0v) is 18.6. The Balaban J connectivity index is 1.57. The smallest absolute Gasteiger partial charge is 0.307 e. The molecule has 0 saturated heterocycles. The van der Waals surface area contributed by atoms with Gasteiger partial charge in [0, 0.05) is 11.7 Å². The Morgan fingerprint density at radius 3 is 2.26 bits per heavy atom. The molecule has 0 aromatic heterocycles. The van der Waals surface area contributed by atoms with Gasteiger partial charge in [-0.25, -0.2) is 8.42 Å². The Labute approximate surface area is 184 Å². The number of benzene rings is 2. The molecule has 31 heavy (non-hydrogen) atoms. The number of carbonyl (C=O) groups excluding carboxylic acids is 2. The van der Waals surface area contributed by atoms with E-state index in [1.54, 1.807) is 17.0 Å². The fourth-order valence-electron chi connectivity index (χ4n) is 3.85. The van der Waals surface area contributed by atoms with Gasteiger partial charge >= 0.3 is 5.97 Å². The second-order valence-corrected chi connectivity index (χ2v) is 10.0. The summed E-state index contributed by atoms with van der Waals surface area (Å²) < 4.78 is 30.0. The molecule has 0 heterocycles. The topological polar surface area (TPSA) is 80.7 Å². The summed E-state index contributed by atoms with van der Waals surface area (Å²) in [5.41, 5.74) is 1.75. The van der Waals surface area contributed by atoms with Crippen LogP contribution in [0.4, 0.5) is 5.69 Å². The van der Waals surface area contributed by atoms with Gasteiger partial charge in [0.2, 0.25) is 0 Å². The van der Waals surface area contributed by atoms with Crippen LogP contribution in [0.1, 0.15) is 44.1 Å². The standard InChI is InChI=1S/C24H29NO5S/c1-19-12-14-22(15-13-19)31(28,29)17-16-24(27)30-18-23(26)25(20-8-4-2-5-9-20)21-10-6-3-7-11-21/h2,4-5,8-9,12-15,21H,3,6-7,10-11,16-18H2,1H3. The van der Waals surface area contributed by atoms with Crippen LogP contribution in [0.25, 0.3) is 0 Å². The lowest BCUT2D eigenvalue weighted by molar-refractivity contribution is -0.147. The second-order valence-electron chi connectivity index (χ2n) is 7.93. The van der Waals surface area contributed by atoms with Gasteiger partial charge in [-0.1, -0.05) is 55.2 Å².